The molecule has 0 bridgehead atoms. The second kappa shape index (κ2) is 5.35. The average Bonchev–Trinajstić information content (AvgIpc) is 2.74. The molecule has 4 heteroatoms. The van der Waals surface area contributed by atoms with Gasteiger partial charge in [-0.25, -0.2) is 4.79 Å². The number of carbonyl (C=O) groups is 1. The second-order valence-corrected chi connectivity index (χ2v) is 4.47. The molecule has 0 aromatic heterocycles. The fourth-order valence-corrected chi connectivity index (χ4v) is 2.38. The molecule has 0 atom stereocenters. The maximum Gasteiger partial charge on any atom is 0.317 e. The first-order valence-corrected chi connectivity index (χ1v) is 6.11. The highest BCUT2D eigenvalue weighted by Crippen LogP contribution is 2.08. The van der Waals surface area contributed by atoms with Gasteiger partial charge in [-0.15, -0.1) is 0 Å². The predicted molar refractivity (Wildman–Crippen MR) is 59.9 cm³/mol. The topological polar surface area (TPSA) is 35.6 Å². The summed E-state index contributed by atoms with van der Waals surface area (Å²) in [5, 5.41) is 2.88. The van der Waals surface area contributed by atoms with Crippen molar-refractivity contribution in [1.82, 2.24) is 15.1 Å². The van der Waals surface area contributed by atoms with Crippen molar-refractivity contribution in [3.8, 4) is 0 Å². The van der Waals surface area contributed by atoms with E-state index in [0.29, 0.717) is 0 Å². The van der Waals surface area contributed by atoms with Crippen LogP contribution in [-0.4, -0.2) is 55.1 Å². The molecule has 4 nitrogen and oxygen atoms in total. The first-order valence-electron chi connectivity index (χ1n) is 6.11. The number of carbonyl (C=O) groups excluding carboxylic acids is 1. The van der Waals surface area contributed by atoms with E-state index in [1.165, 1.54) is 25.9 Å². The third kappa shape index (κ3) is 3.09. The van der Waals surface area contributed by atoms with Crippen molar-refractivity contribution >= 4 is 6.03 Å². The van der Waals surface area contributed by atoms with Gasteiger partial charge in [0, 0.05) is 19.6 Å². The zero-order valence-corrected chi connectivity index (χ0v) is 9.37. The highest BCUT2D eigenvalue weighted by atomic mass is 16.2. The van der Waals surface area contributed by atoms with Crippen molar-refractivity contribution in [2.45, 2.75) is 25.7 Å². The number of nitrogens with one attached hydrogen (secondary N) is 1. The molecule has 0 aromatic carbocycles. The van der Waals surface area contributed by atoms with E-state index in [4.69, 9.17) is 0 Å². The summed E-state index contributed by atoms with van der Waals surface area (Å²) in [5.41, 5.74) is 0. The Morgan fingerprint density at radius 2 is 1.87 bits per heavy atom. The summed E-state index contributed by atoms with van der Waals surface area (Å²) in [6.07, 6.45) is 4.91. The number of rotatable bonds is 4. The van der Waals surface area contributed by atoms with Crippen LogP contribution in [0.2, 0.25) is 0 Å². The molecule has 2 heterocycles. The molecule has 1 N–H and O–H groups in total. The quantitative estimate of drug-likeness (QED) is 0.749. The standard InChI is InChI=1S/C11H21N3O/c15-11-12-5-3-9-14(11)10-4-8-13-6-1-2-7-13/h1-10H2,(H,12,15). The van der Waals surface area contributed by atoms with E-state index in [1.807, 2.05) is 4.90 Å². The molecule has 2 aliphatic rings. The van der Waals surface area contributed by atoms with Crippen LogP contribution in [0.4, 0.5) is 4.79 Å². The monoisotopic (exact) mass is 211 g/mol. The molecule has 15 heavy (non-hydrogen) atoms. The minimum Gasteiger partial charge on any atom is -0.338 e. The van der Waals surface area contributed by atoms with Crippen LogP contribution in [0.15, 0.2) is 0 Å². The maximum absolute atomic E-state index is 11.4. The van der Waals surface area contributed by atoms with Gasteiger partial charge in [0.1, 0.15) is 0 Å². The van der Waals surface area contributed by atoms with Crippen molar-refractivity contribution in [3.05, 3.63) is 0 Å². The van der Waals surface area contributed by atoms with Crippen LogP contribution in [0.25, 0.3) is 0 Å². The van der Waals surface area contributed by atoms with Crippen LogP contribution in [-0.2, 0) is 0 Å². The van der Waals surface area contributed by atoms with Crippen molar-refractivity contribution in [2.24, 2.45) is 0 Å². The predicted octanol–water partition coefficient (Wildman–Crippen LogP) is 0.888. The smallest absolute Gasteiger partial charge is 0.317 e. The summed E-state index contributed by atoms with van der Waals surface area (Å²) in [4.78, 5) is 15.9. The summed E-state index contributed by atoms with van der Waals surface area (Å²) < 4.78 is 0. The van der Waals surface area contributed by atoms with Crippen LogP contribution < -0.4 is 5.32 Å². The Kier molecular flexibility index (Phi) is 3.83. The van der Waals surface area contributed by atoms with Gasteiger partial charge < -0.3 is 15.1 Å². The summed E-state index contributed by atoms with van der Waals surface area (Å²) in [7, 11) is 0. The lowest BCUT2D eigenvalue weighted by atomic mass is 10.3. The van der Waals surface area contributed by atoms with Gasteiger partial charge in [0.2, 0.25) is 0 Å². The Labute approximate surface area is 91.6 Å². The molecule has 0 aromatic rings. The highest BCUT2D eigenvalue weighted by Gasteiger charge is 2.17. The molecular formula is C11H21N3O. The molecule has 86 valence electrons. The van der Waals surface area contributed by atoms with Crippen molar-refractivity contribution in [2.75, 3.05) is 39.3 Å². The summed E-state index contributed by atoms with van der Waals surface area (Å²) >= 11 is 0. The number of likely N-dealkylation sites (tertiary alicyclic amines) is 1. The van der Waals surface area contributed by atoms with E-state index in [2.05, 4.69) is 10.2 Å². The zero-order chi connectivity index (χ0) is 10.5. The van der Waals surface area contributed by atoms with Gasteiger partial charge in [-0.1, -0.05) is 0 Å². The molecule has 0 spiro atoms. The Bertz CT molecular complexity index is 214. The largest absolute Gasteiger partial charge is 0.338 e. The Hall–Kier alpha value is -0.770. The lowest BCUT2D eigenvalue weighted by Crippen LogP contribution is -2.47. The number of amides is 2. The SMILES string of the molecule is O=C1NCCCN1CCCN1CCCC1. The van der Waals surface area contributed by atoms with Gasteiger partial charge in [-0.05, 0) is 45.3 Å². The van der Waals surface area contributed by atoms with Gasteiger partial charge in [-0.3, -0.25) is 0 Å². The van der Waals surface area contributed by atoms with Crippen LogP contribution in [0.5, 0.6) is 0 Å². The fraction of sp³-hybridized carbons (Fsp3) is 0.909. The lowest BCUT2D eigenvalue weighted by Gasteiger charge is -2.28. The molecule has 2 fully saturated rings. The average molecular weight is 211 g/mol. The van der Waals surface area contributed by atoms with E-state index in [9.17, 15) is 4.79 Å². The van der Waals surface area contributed by atoms with Crippen LogP contribution in [0.1, 0.15) is 25.7 Å². The molecule has 2 rings (SSSR count). The van der Waals surface area contributed by atoms with Crippen LogP contribution >= 0.6 is 0 Å². The first kappa shape index (κ1) is 10.7. The van der Waals surface area contributed by atoms with E-state index < -0.39 is 0 Å². The summed E-state index contributed by atoms with van der Waals surface area (Å²) in [5.74, 6) is 0. The van der Waals surface area contributed by atoms with Crippen molar-refractivity contribution in [1.29, 1.82) is 0 Å². The van der Waals surface area contributed by atoms with Gasteiger partial charge in [0.15, 0.2) is 0 Å². The van der Waals surface area contributed by atoms with Gasteiger partial charge in [-0.2, -0.15) is 0 Å². The highest BCUT2D eigenvalue weighted by molar-refractivity contribution is 5.74. The fourth-order valence-electron chi connectivity index (χ4n) is 2.38. The third-order valence-electron chi connectivity index (χ3n) is 3.27. The van der Waals surface area contributed by atoms with Crippen molar-refractivity contribution in [3.63, 3.8) is 0 Å². The molecular weight excluding hydrogens is 190 g/mol. The molecule has 0 radical (unpaired) electrons. The molecule has 2 aliphatic heterocycles. The van der Waals surface area contributed by atoms with Gasteiger partial charge in [0.05, 0.1) is 0 Å². The lowest BCUT2D eigenvalue weighted by molar-refractivity contribution is 0.182. The van der Waals surface area contributed by atoms with Gasteiger partial charge in [0.25, 0.3) is 0 Å². The Morgan fingerprint density at radius 1 is 1.07 bits per heavy atom. The van der Waals surface area contributed by atoms with E-state index >= 15 is 0 Å². The molecule has 0 saturated carbocycles. The minimum atomic E-state index is 0.127. The Morgan fingerprint density at radius 3 is 2.60 bits per heavy atom. The number of urea groups is 1. The number of hydrogen-bond acceptors (Lipinski definition) is 2. The first-order chi connectivity index (χ1) is 7.36. The van der Waals surface area contributed by atoms with E-state index in [-0.39, 0.29) is 6.03 Å². The molecule has 0 aliphatic carbocycles. The van der Waals surface area contributed by atoms with Gasteiger partial charge >= 0.3 is 6.03 Å². The molecule has 2 saturated heterocycles. The Balaban J connectivity index is 1.61. The molecule has 0 unspecified atom stereocenters. The summed E-state index contributed by atoms with van der Waals surface area (Å²) in [6, 6.07) is 0.127. The van der Waals surface area contributed by atoms with E-state index in [1.54, 1.807) is 0 Å². The van der Waals surface area contributed by atoms with Crippen molar-refractivity contribution < 1.29 is 4.79 Å². The van der Waals surface area contributed by atoms with E-state index in [0.717, 1.165) is 39.0 Å². The second-order valence-electron chi connectivity index (χ2n) is 4.47. The molecule has 2 amide bonds. The summed E-state index contributed by atoms with van der Waals surface area (Å²) in [6.45, 7) is 6.37. The zero-order valence-electron chi connectivity index (χ0n) is 9.37. The maximum atomic E-state index is 11.4. The minimum absolute atomic E-state index is 0.127. The number of nitrogens with zero attached hydrogens (tertiary/aromatic N) is 2. The third-order valence-corrected chi connectivity index (χ3v) is 3.27. The number of hydrogen-bond donors (Lipinski definition) is 1. The normalized spacial score (nSPS) is 23.2. The van der Waals surface area contributed by atoms with Crippen LogP contribution in [0, 0.1) is 0 Å². The van der Waals surface area contributed by atoms with Crippen LogP contribution in [0.3, 0.4) is 0 Å².